The van der Waals surface area contributed by atoms with E-state index < -0.39 is 120 Å². The molecule has 2 aliphatic rings. The fraction of sp³-hybridized carbons (Fsp3) is 0.580. The number of carbonyl (C=O) groups excluding carboxylic acids is 7. The molecular weight excluding hydrogens is 905 g/mol. The molecule has 2 heterocycles. The highest BCUT2D eigenvalue weighted by atomic mass is 16.4. The lowest BCUT2D eigenvalue weighted by molar-refractivity contribution is -0.146. The number of benzene rings is 2. The van der Waals surface area contributed by atoms with E-state index in [0.29, 0.717) is 36.8 Å². The number of rotatable bonds is 25. The quantitative estimate of drug-likeness (QED) is 0.0684. The van der Waals surface area contributed by atoms with E-state index in [1.54, 1.807) is 70.2 Å². The number of nitrogens with two attached hydrogens (primary N) is 1. The predicted molar refractivity (Wildman–Crippen MR) is 257 cm³/mol. The van der Waals surface area contributed by atoms with Gasteiger partial charge in [0.05, 0.1) is 6.04 Å². The second-order valence-electron chi connectivity index (χ2n) is 18.9. The number of aliphatic carboxylic acids is 2. The lowest BCUT2D eigenvalue weighted by Gasteiger charge is -2.32. The second-order valence-corrected chi connectivity index (χ2v) is 18.9. The molecule has 70 heavy (non-hydrogen) atoms. The van der Waals surface area contributed by atoms with Gasteiger partial charge < -0.3 is 57.4 Å². The molecule has 2 aliphatic heterocycles. The fourth-order valence-corrected chi connectivity index (χ4v) is 8.69. The number of phenolic OH excluding ortho intramolecular Hbond substituents is 1. The highest BCUT2D eigenvalue weighted by Gasteiger charge is 2.42. The first kappa shape index (κ1) is 56.0. The summed E-state index contributed by atoms with van der Waals surface area (Å²) in [5.41, 5.74) is 7.54. The highest BCUT2D eigenvalue weighted by molar-refractivity contribution is 5.98. The topological polar surface area (TPSA) is 307 Å². The van der Waals surface area contributed by atoms with E-state index in [0.717, 1.165) is 0 Å². The van der Waals surface area contributed by atoms with Gasteiger partial charge in [0.15, 0.2) is 0 Å². The van der Waals surface area contributed by atoms with Crippen molar-refractivity contribution in [1.82, 2.24) is 36.4 Å². The summed E-state index contributed by atoms with van der Waals surface area (Å²) in [4.78, 5) is 125. The van der Waals surface area contributed by atoms with E-state index in [-0.39, 0.29) is 56.9 Å². The average molecular weight is 977 g/mol. The summed E-state index contributed by atoms with van der Waals surface area (Å²) in [5.74, 6) is -8.45. The maximum absolute atomic E-state index is 14.4. The lowest BCUT2D eigenvalue weighted by atomic mass is 9.98. The highest BCUT2D eigenvalue weighted by Crippen LogP contribution is 2.23. The zero-order valence-corrected chi connectivity index (χ0v) is 41.0. The number of hydrogen-bond donors (Lipinski definition) is 9. The molecular formula is C50H72N8O12. The van der Waals surface area contributed by atoms with Gasteiger partial charge in [-0.3, -0.25) is 38.4 Å². The maximum Gasteiger partial charge on any atom is 0.326 e. The van der Waals surface area contributed by atoms with E-state index >= 15 is 0 Å². The third-order valence-corrected chi connectivity index (χ3v) is 13.4. The van der Waals surface area contributed by atoms with Crippen molar-refractivity contribution in [2.45, 2.75) is 154 Å². The number of aromatic hydroxyl groups is 1. The van der Waals surface area contributed by atoms with Crippen molar-refractivity contribution in [1.29, 1.82) is 0 Å². The first-order valence-corrected chi connectivity index (χ1v) is 24.3. The van der Waals surface area contributed by atoms with Crippen LogP contribution in [-0.4, -0.2) is 140 Å². The zero-order valence-electron chi connectivity index (χ0n) is 41.0. The number of phenols is 1. The Hall–Kier alpha value is -6.57. The van der Waals surface area contributed by atoms with Crippen LogP contribution in [0.4, 0.5) is 0 Å². The predicted octanol–water partition coefficient (Wildman–Crippen LogP) is 1.61. The molecule has 2 fully saturated rings. The van der Waals surface area contributed by atoms with Gasteiger partial charge in [0.2, 0.25) is 41.4 Å². The minimum atomic E-state index is -1.45. The SMILES string of the molecule is CC[C@H](C)[C@H](N)C(=O)N[C@@H](Cc1ccc(O)cc1)C(=O)N1CCC[C@H]1C(=O)N[C@@H](Cc1ccccc1)C(=O)N[C@H](C(=O)N[C@@H](CCC(=O)O)C(=O)N1CCC[C@H]1C(=O)N[C@H](C(=O)O)[C@@H](C)CC)C(C)C. The lowest BCUT2D eigenvalue weighted by Crippen LogP contribution is -2.61. The Bertz CT molecular complexity index is 2160. The number of nitrogens with zero attached hydrogens (tertiary/aromatic N) is 2. The molecule has 0 spiro atoms. The van der Waals surface area contributed by atoms with Gasteiger partial charge in [-0.2, -0.15) is 0 Å². The van der Waals surface area contributed by atoms with Gasteiger partial charge in [0, 0.05) is 32.4 Å². The molecule has 2 saturated heterocycles. The number of likely N-dealkylation sites (tertiary alicyclic amines) is 2. The molecule has 4 rings (SSSR count). The first-order chi connectivity index (χ1) is 33.2. The van der Waals surface area contributed by atoms with Gasteiger partial charge >= 0.3 is 11.9 Å². The van der Waals surface area contributed by atoms with Crippen LogP contribution in [0.2, 0.25) is 0 Å². The molecule has 0 radical (unpaired) electrons. The van der Waals surface area contributed by atoms with Crippen LogP contribution in [0.3, 0.4) is 0 Å². The van der Waals surface area contributed by atoms with Crippen LogP contribution in [0, 0.1) is 17.8 Å². The monoisotopic (exact) mass is 977 g/mol. The molecule has 10 atom stereocenters. The largest absolute Gasteiger partial charge is 0.508 e. The van der Waals surface area contributed by atoms with Gasteiger partial charge in [0.25, 0.3) is 0 Å². The van der Waals surface area contributed by atoms with Crippen molar-refractivity contribution in [2.75, 3.05) is 13.1 Å². The summed E-state index contributed by atoms with van der Waals surface area (Å²) in [6.07, 6.45) is 1.46. The molecule has 0 aliphatic carbocycles. The van der Waals surface area contributed by atoms with Gasteiger partial charge in [-0.05, 0) is 73.1 Å². The molecule has 2 aromatic rings. The molecule has 2 aromatic carbocycles. The van der Waals surface area contributed by atoms with Crippen molar-refractivity contribution in [3.05, 3.63) is 65.7 Å². The van der Waals surface area contributed by atoms with Gasteiger partial charge in [-0.1, -0.05) is 96.8 Å². The Morgan fingerprint density at radius 3 is 1.66 bits per heavy atom. The molecule has 20 nitrogen and oxygen atoms in total. The Morgan fingerprint density at radius 2 is 1.13 bits per heavy atom. The Morgan fingerprint density at radius 1 is 0.614 bits per heavy atom. The summed E-state index contributed by atoms with van der Waals surface area (Å²) in [7, 11) is 0. The number of hydrogen-bond acceptors (Lipinski definition) is 11. The molecule has 10 N–H and O–H groups in total. The summed E-state index contributed by atoms with van der Waals surface area (Å²) in [6.45, 7) is 10.7. The average Bonchev–Trinajstić information content (AvgIpc) is 4.04. The molecule has 7 amide bonds. The summed E-state index contributed by atoms with van der Waals surface area (Å²) < 4.78 is 0. The number of nitrogens with one attached hydrogen (secondary N) is 5. The molecule has 20 heteroatoms. The number of carbonyl (C=O) groups is 9. The summed E-state index contributed by atoms with van der Waals surface area (Å²) in [6, 6.07) is 5.51. The van der Waals surface area contributed by atoms with E-state index in [1.165, 1.54) is 21.9 Å². The van der Waals surface area contributed by atoms with E-state index in [1.807, 2.05) is 13.8 Å². The molecule has 384 valence electrons. The molecule has 0 bridgehead atoms. The van der Waals surface area contributed by atoms with Crippen LogP contribution in [0.5, 0.6) is 5.75 Å². The first-order valence-electron chi connectivity index (χ1n) is 24.3. The van der Waals surface area contributed by atoms with Crippen molar-refractivity contribution in [2.24, 2.45) is 23.5 Å². The third-order valence-electron chi connectivity index (χ3n) is 13.4. The van der Waals surface area contributed by atoms with Crippen LogP contribution in [-0.2, 0) is 56.0 Å². The minimum absolute atomic E-state index is 0.0144. The third kappa shape index (κ3) is 15.5. The Labute approximate surface area is 409 Å². The fourth-order valence-electron chi connectivity index (χ4n) is 8.69. The Kier molecular flexibility index (Phi) is 21.1. The van der Waals surface area contributed by atoms with E-state index in [4.69, 9.17) is 5.73 Å². The molecule has 0 saturated carbocycles. The standard InChI is InChI=1S/C50H72N8O12/c1-7-29(5)40(51)46(65)54-36(27-32-18-20-33(59)21-19-32)49(68)58-25-12-16-37(58)44(63)53-35(26-31-14-10-9-11-15-31)43(62)55-41(28(3)4)47(66)52-34(22-23-39(60)61)48(67)57-24-13-17-38(57)45(64)56-42(50(69)70)30(6)8-2/h9-11,14-15,18-21,28-30,34-38,40-42,59H,7-8,12-13,16-17,22-27,51H2,1-6H3,(H,52,66)(H,53,63)(H,54,65)(H,55,62)(H,56,64)(H,60,61)(H,69,70)/t29-,30-,34-,35-,36-,37-,38-,40-,41-,42-/m0/s1. The number of carboxylic acids is 2. The molecule has 0 aromatic heterocycles. The van der Waals surface area contributed by atoms with Crippen LogP contribution in [0.15, 0.2) is 54.6 Å². The van der Waals surface area contributed by atoms with Crippen LogP contribution in [0.25, 0.3) is 0 Å². The van der Waals surface area contributed by atoms with Crippen molar-refractivity contribution < 1.29 is 58.5 Å². The number of carboxylic acid groups (broad SMARTS) is 2. The molecule has 0 unspecified atom stereocenters. The van der Waals surface area contributed by atoms with Crippen molar-refractivity contribution in [3.63, 3.8) is 0 Å². The van der Waals surface area contributed by atoms with E-state index in [9.17, 15) is 58.5 Å². The van der Waals surface area contributed by atoms with Gasteiger partial charge in [-0.15, -0.1) is 0 Å². The van der Waals surface area contributed by atoms with E-state index in [2.05, 4.69) is 26.6 Å². The minimum Gasteiger partial charge on any atom is -0.508 e. The van der Waals surface area contributed by atoms with Gasteiger partial charge in [0.1, 0.15) is 48.0 Å². The maximum atomic E-state index is 14.4. The number of amides is 7. The van der Waals surface area contributed by atoms with Crippen LogP contribution < -0.4 is 32.3 Å². The smallest absolute Gasteiger partial charge is 0.326 e. The summed E-state index contributed by atoms with van der Waals surface area (Å²) >= 11 is 0. The summed E-state index contributed by atoms with van der Waals surface area (Å²) in [5, 5.41) is 42.7. The Balaban J connectivity index is 1.56. The van der Waals surface area contributed by atoms with Crippen LogP contribution >= 0.6 is 0 Å². The van der Waals surface area contributed by atoms with Crippen molar-refractivity contribution in [3.8, 4) is 5.75 Å². The van der Waals surface area contributed by atoms with Crippen molar-refractivity contribution >= 4 is 53.3 Å². The van der Waals surface area contributed by atoms with Crippen LogP contribution in [0.1, 0.15) is 104 Å². The second kappa shape index (κ2) is 26.4. The normalized spacial score (nSPS) is 19.1. The van der Waals surface area contributed by atoms with Gasteiger partial charge in [-0.25, -0.2) is 4.79 Å². The zero-order chi connectivity index (χ0) is 51.8.